The predicted octanol–water partition coefficient (Wildman–Crippen LogP) is 2.54. The van der Waals surface area contributed by atoms with Crippen molar-refractivity contribution in [2.45, 2.75) is 40.2 Å². The number of hydrogen-bond acceptors (Lipinski definition) is 2. The van der Waals surface area contributed by atoms with Gasteiger partial charge >= 0.3 is 5.97 Å². The third-order valence-corrected chi connectivity index (χ3v) is 1.72. The molecule has 12 heavy (non-hydrogen) atoms. The zero-order valence-corrected chi connectivity index (χ0v) is 8.33. The van der Waals surface area contributed by atoms with E-state index in [0.717, 1.165) is 6.42 Å². The Hall–Kier alpha value is -0.790. The summed E-state index contributed by atoms with van der Waals surface area (Å²) in [7, 11) is 0. The van der Waals surface area contributed by atoms with E-state index in [2.05, 4.69) is 13.8 Å². The molecule has 0 saturated heterocycles. The first kappa shape index (κ1) is 11.2. The number of ether oxygens (including phenoxy) is 1. The lowest BCUT2D eigenvalue weighted by Crippen LogP contribution is -2.21. The Labute approximate surface area is 74.6 Å². The molecule has 0 spiro atoms. The topological polar surface area (TPSA) is 26.3 Å². The maximum Gasteiger partial charge on any atom is 0.330 e. The Morgan fingerprint density at radius 3 is 2.42 bits per heavy atom. The summed E-state index contributed by atoms with van der Waals surface area (Å²) in [5, 5.41) is 0. The van der Waals surface area contributed by atoms with Gasteiger partial charge < -0.3 is 4.74 Å². The highest BCUT2D eigenvalue weighted by molar-refractivity contribution is 5.81. The molecule has 1 unspecified atom stereocenters. The van der Waals surface area contributed by atoms with Crippen LogP contribution >= 0.6 is 0 Å². The molecule has 70 valence electrons. The third-order valence-electron chi connectivity index (χ3n) is 1.72. The second-order valence-electron chi connectivity index (χ2n) is 3.13. The Balaban J connectivity index is 3.94. The van der Waals surface area contributed by atoms with Crippen molar-refractivity contribution in [3.8, 4) is 0 Å². The quantitative estimate of drug-likeness (QED) is 0.478. The molecular formula is C10H18O2. The van der Waals surface area contributed by atoms with E-state index in [1.807, 2.05) is 6.92 Å². The van der Waals surface area contributed by atoms with Crippen LogP contribution in [-0.2, 0) is 9.53 Å². The van der Waals surface area contributed by atoms with Crippen LogP contribution in [0.4, 0.5) is 0 Å². The molecule has 0 amide bonds. The SMILES string of the molecule is C/C=C/C(=O)OC(CC)C(C)C. The van der Waals surface area contributed by atoms with Crippen molar-refractivity contribution < 1.29 is 9.53 Å². The minimum atomic E-state index is -0.238. The molecule has 1 atom stereocenters. The zero-order valence-electron chi connectivity index (χ0n) is 8.33. The van der Waals surface area contributed by atoms with Crippen molar-refractivity contribution in [2.75, 3.05) is 0 Å². The highest BCUT2D eigenvalue weighted by atomic mass is 16.5. The van der Waals surface area contributed by atoms with Crippen LogP contribution in [0.1, 0.15) is 34.1 Å². The normalized spacial score (nSPS) is 13.8. The number of carbonyl (C=O) groups excluding carboxylic acids is 1. The van der Waals surface area contributed by atoms with Crippen LogP contribution in [0.3, 0.4) is 0 Å². The van der Waals surface area contributed by atoms with Crippen molar-refractivity contribution in [2.24, 2.45) is 5.92 Å². The average molecular weight is 170 g/mol. The van der Waals surface area contributed by atoms with Crippen molar-refractivity contribution in [1.29, 1.82) is 0 Å². The van der Waals surface area contributed by atoms with Crippen LogP contribution < -0.4 is 0 Å². The summed E-state index contributed by atoms with van der Waals surface area (Å²) in [6.45, 7) is 7.93. The Morgan fingerprint density at radius 1 is 1.50 bits per heavy atom. The Kier molecular flexibility index (Phi) is 5.43. The molecule has 0 N–H and O–H groups in total. The molecule has 2 nitrogen and oxygen atoms in total. The number of allylic oxidation sites excluding steroid dienone is 1. The molecule has 0 aliphatic heterocycles. The third kappa shape index (κ3) is 4.16. The maximum absolute atomic E-state index is 11.0. The summed E-state index contributed by atoms with van der Waals surface area (Å²) < 4.78 is 5.18. The molecule has 0 saturated carbocycles. The summed E-state index contributed by atoms with van der Waals surface area (Å²) in [6.07, 6.45) is 4.06. The smallest absolute Gasteiger partial charge is 0.330 e. The Bertz CT molecular complexity index is 159. The monoisotopic (exact) mass is 170 g/mol. The van der Waals surface area contributed by atoms with Crippen LogP contribution in [0.25, 0.3) is 0 Å². The van der Waals surface area contributed by atoms with E-state index in [0.29, 0.717) is 5.92 Å². The van der Waals surface area contributed by atoms with Crippen LogP contribution in [0.5, 0.6) is 0 Å². The first-order valence-electron chi connectivity index (χ1n) is 4.45. The van der Waals surface area contributed by atoms with Gasteiger partial charge in [0.15, 0.2) is 0 Å². The second-order valence-corrected chi connectivity index (χ2v) is 3.13. The number of carbonyl (C=O) groups is 1. The van der Waals surface area contributed by atoms with Crippen molar-refractivity contribution in [3.63, 3.8) is 0 Å². The number of hydrogen-bond donors (Lipinski definition) is 0. The fourth-order valence-corrected chi connectivity index (χ4v) is 1.02. The number of rotatable bonds is 4. The van der Waals surface area contributed by atoms with Gasteiger partial charge in [-0.25, -0.2) is 4.79 Å². The van der Waals surface area contributed by atoms with E-state index >= 15 is 0 Å². The van der Waals surface area contributed by atoms with E-state index in [1.54, 1.807) is 13.0 Å². The standard InChI is InChI=1S/C10H18O2/c1-5-7-10(11)12-9(6-2)8(3)4/h5,7-9H,6H2,1-4H3/b7-5+. The van der Waals surface area contributed by atoms with Gasteiger partial charge in [-0.05, 0) is 19.3 Å². The summed E-state index contributed by atoms with van der Waals surface area (Å²) in [6, 6.07) is 0. The summed E-state index contributed by atoms with van der Waals surface area (Å²) in [5.74, 6) is 0.155. The van der Waals surface area contributed by atoms with E-state index in [4.69, 9.17) is 4.74 Å². The fourth-order valence-electron chi connectivity index (χ4n) is 1.02. The van der Waals surface area contributed by atoms with Gasteiger partial charge in [0, 0.05) is 6.08 Å². The van der Waals surface area contributed by atoms with Gasteiger partial charge in [-0.2, -0.15) is 0 Å². The van der Waals surface area contributed by atoms with Crippen LogP contribution in [0, 0.1) is 5.92 Å². The molecule has 2 heteroatoms. The van der Waals surface area contributed by atoms with Gasteiger partial charge in [0.25, 0.3) is 0 Å². The first-order chi connectivity index (χ1) is 5.61. The van der Waals surface area contributed by atoms with E-state index in [1.165, 1.54) is 6.08 Å². The Morgan fingerprint density at radius 2 is 2.08 bits per heavy atom. The molecular weight excluding hydrogens is 152 g/mol. The average Bonchev–Trinajstić information content (AvgIpc) is 2.00. The maximum atomic E-state index is 11.0. The zero-order chi connectivity index (χ0) is 9.56. The predicted molar refractivity (Wildman–Crippen MR) is 49.8 cm³/mol. The molecule has 0 bridgehead atoms. The van der Waals surface area contributed by atoms with Gasteiger partial charge in [0.1, 0.15) is 6.10 Å². The summed E-state index contributed by atoms with van der Waals surface area (Å²) >= 11 is 0. The van der Waals surface area contributed by atoms with Crippen LogP contribution in [0.2, 0.25) is 0 Å². The molecule has 0 fully saturated rings. The van der Waals surface area contributed by atoms with Crippen LogP contribution in [0.15, 0.2) is 12.2 Å². The minimum absolute atomic E-state index is 0.0497. The van der Waals surface area contributed by atoms with Crippen LogP contribution in [-0.4, -0.2) is 12.1 Å². The lowest BCUT2D eigenvalue weighted by molar-refractivity contribution is -0.145. The van der Waals surface area contributed by atoms with Gasteiger partial charge in [-0.1, -0.05) is 26.8 Å². The van der Waals surface area contributed by atoms with E-state index < -0.39 is 0 Å². The van der Waals surface area contributed by atoms with Crippen molar-refractivity contribution in [1.82, 2.24) is 0 Å². The molecule has 0 rings (SSSR count). The molecule has 0 aliphatic carbocycles. The van der Waals surface area contributed by atoms with Gasteiger partial charge in [-0.3, -0.25) is 0 Å². The van der Waals surface area contributed by atoms with Crippen molar-refractivity contribution >= 4 is 5.97 Å². The highest BCUT2D eigenvalue weighted by Crippen LogP contribution is 2.10. The molecule has 0 aromatic rings. The van der Waals surface area contributed by atoms with Gasteiger partial charge in [-0.15, -0.1) is 0 Å². The molecule has 0 aromatic carbocycles. The lowest BCUT2D eigenvalue weighted by Gasteiger charge is -2.18. The fraction of sp³-hybridized carbons (Fsp3) is 0.700. The lowest BCUT2D eigenvalue weighted by atomic mass is 10.1. The minimum Gasteiger partial charge on any atom is -0.459 e. The largest absolute Gasteiger partial charge is 0.459 e. The molecule has 0 aromatic heterocycles. The van der Waals surface area contributed by atoms with Crippen molar-refractivity contribution in [3.05, 3.63) is 12.2 Å². The second kappa shape index (κ2) is 5.81. The van der Waals surface area contributed by atoms with E-state index in [9.17, 15) is 4.79 Å². The summed E-state index contributed by atoms with van der Waals surface area (Å²) in [4.78, 5) is 11.0. The van der Waals surface area contributed by atoms with Gasteiger partial charge in [0.2, 0.25) is 0 Å². The first-order valence-corrected chi connectivity index (χ1v) is 4.45. The summed E-state index contributed by atoms with van der Waals surface area (Å²) in [5.41, 5.74) is 0. The highest BCUT2D eigenvalue weighted by Gasteiger charge is 2.13. The molecule has 0 heterocycles. The van der Waals surface area contributed by atoms with Gasteiger partial charge in [0.05, 0.1) is 0 Å². The molecule has 0 aliphatic rings. The molecule has 0 radical (unpaired) electrons. The van der Waals surface area contributed by atoms with E-state index in [-0.39, 0.29) is 12.1 Å². The number of esters is 1.